The van der Waals surface area contributed by atoms with Crippen molar-refractivity contribution < 1.29 is 18.7 Å². The number of esters is 1. The summed E-state index contributed by atoms with van der Waals surface area (Å²) in [5.41, 5.74) is 1.56. The molecular formula is C20H26N2O4. The third-order valence-corrected chi connectivity index (χ3v) is 3.65. The minimum absolute atomic E-state index is 0.0731. The molecule has 26 heavy (non-hydrogen) atoms. The van der Waals surface area contributed by atoms with Crippen molar-refractivity contribution in [3.63, 3.8) is 0 Å². The number of oxazole rings is 1. The van der Waals surface area contributed by atoms with Gasteiger partial charge in [0.15, 0.2) is 11.7 Å². The highest BCUT2D eigenvalue weighted by molar-refractivity contribution is 5.82. The molecule has 0 aliphatic rings. The predicted molar refractivity (Wildman–Crippen MR) is 98.5 cm³/mol. The first-order valence-corrected chi connectivity index (χ1v) is 8.61. The minimum atomic E-state index is -0.564. The summed E-state index contributed by atoms with van der Waals surface area (Å²) in [6.45, 7) is 7.33. The van der Waals surface area contributed by atoms with Crippen LogP contribution < -0.4 is 0 Å². The number of ether oxygens (including phenoxy) is 1. The standard InChI is InChI=1S/C20H26N2O4/c1-14-6-8-15(9-7-14)16-12-21-17(25-16)10-11-18(23)22(5)13-19(24)26-20(2,3)4/h6-9,12H,10-11,13H2,1-5H3. The first kappa shape index (κ1) is 19.7. The molecule has 0 aliphatic carbocycles. The van der Waals surface area contributed by atoms with Gasteiger partial charge in [-0.2, -0.15) is 0 Å². The smallest absolute Gasteiger partial charge is 0.326 e. The van der Waals surface area contributed by atoms with Gasteiger partial charge in [-0.3, -0.25) is 9.59 Å². The van der Waals surface area contributed by atoms with Gasteiger partial charge in [0, 0.05) is 25.5 Å². The Kier molecular flexibility index (Phi) is 6.18. The van der Waals surface area contributed by atoms with Crippen LogP contribution in [-0.4, -0.2) is 41.0 Å². The SMILES string of the molecule is Cc1ccc(-c2cnc(CCC(=O)N(C)CC(=O)OC(C)(C)C)o2)cc1. The molecule has 0 saturated carbocycles. The van der Waals surface area contributed by atoms with Crippen molar-refractivity contribution in [1.82, 2.24) is 9.88 Å². The number of aryl methyl sites for hydroxylation is 2. The molecule has 1 heterocycles. The maximum Gasteiger partial charge on any atom is 0.326 e. The van der Waals surface area contributed by atoms with E-state index in [9.17, 15) is 9.59 Å². The van der Waals surface area contributed by atoms with Gasteiger partial charge in [-0.25, -0.2) is 4.98 Å². The average molecular weight is 358 g/mol. The highest BCUT2D eigenvalue weighted by atomic mass is 16.6. The van der Waals surface area contributed by atoms with E-state index in [1.54, 1.807) is 34.0 Å². The molecule has 0 atom stereocenters. The third-order valence-electron chi connectivity index (χ3n) is 3.65. The van der Waals surface area contributed by atoms with E-state index in [-0.39, 0.29) is 18.9 Å². The van der Waals surface area contributed by atoms with Gasteiger partial charge in [0.25, 0.3) is 0 Å². The Balaban J connectivity index is 1.85. The monoisotopic (exact) mass is 358 g/mol. The maximum atomic E-state index is 12.2. The normalized spacial score (nSPS) is 11.3. The van der Waals surface area contributed by atoms with Crippen LogP contribution in [0.1, 0.15) is 38.6 Å². The maximum absolute atomic E-state index is 12.2. The second-order valence-corrected chi connectivity index (χ2v) is 7.32. The fraction of sp³-hybridized carbons (Fsp3) is 0.450. The number of hydrogen-bond donors (Lipinski definition) is 0. The first-order chi connectivity index (χ1) is 12.1. The fourth-order valence-corrected chi connectivity index (χ4v) is 2.34. The van der Waals surface area contributed by atoms with Crippen molar-refractivity contribution in [2.45, 2.75) is 46.1 Å². The fourth-order valence-electron chi connectivity index (χ4n) is 2.34. The Bertz CT molecular complexity index is 757. The number of likely N-dealkylation sites (N-methyl/N-ethyl adjacent to an activating group) is 1. The number of amides is 1. The molecule has 0 unspecified atom stereocenters. The summed E-state index contributed by atoms with van der Waals surface area (Å²) < 4.78 is 10.9. The molecule has 6 nitrogen and oxygen atoms in total. The van der Waals surface area contributed by atoms with Crippen LogP contribution in [-0.2, 0) is 20.7 Å². The Morgan fingerprint density at radius 3 is 2.46 bits per heavy atom. The number of hydrogen-bond acceptors (Lipinski definition) is 5. The molecule has 0 bridgehead atoms. The van der Waals surface area contributed by atoms with Gasteiger partial charge in [-0.05, 0) is 27.7 Å². The molecule has 0 fully saturated rings. The molecule has 0 saturated heterocycles. The number of carbonyl (C=O) groups is 2. The van der Waals surface area contributed by atoms with Crippen molar-refractivity contribution in [3.05, 3.63) is 41.9 Å². The first-order valence-electron chi connectivity index (χ1n) is 8.61. The zero-order chi connectivity index (χ0) is 19.3. The minimum Gasteiger partial charge on any atom is -0.459 e. The molecule has 2 aromatic rings. The lowest BCUT2D eigenvalue weighted by atomic mass is 10.1. The molecule has 1 aromatic heterocycles. The molecule has 0 radical (unpaired) electrons. The number of rotatable bonds is 6. The molecule has 1 amide bonds. The van der Waals surface area contributed by atoms with Gasteiger partial charge in [0.05, 0.1) is 6.20 Å². The molecule has 6 heteroatoms. The lowest BCUT2D eigenvalue weighted by molar-refractivity contribution is -0.158. The summed E-state index contributed by atoms with van der Waals surface area (Å²) in [7, 11) is 1.58. The average Bonchev–Trinajstić information content (AvgIpc) is 3.00. The van der Waals surface area contributed by atoms with E-state index < -0.39 is 11.6 Å². The number of aromatic nitrogens is 1. The van der Waals surface area contributed by atoms with Crippen molar-refractivity contribution in [2.24, 2.45) is 0 Å². The molecule has 2 rings (SSSR count). The summed E-state index contributed by atoms with van der Waals surface area (Å²) >= 11 is 0. The highest BCUT2D eigenvalue weighted by Crippen LogP contribution is 2.21. The van der Waals surface area contributed by atoms with Crippen LogP contribution in [0.2, 0.25) is 0 Å². The molecule has 140 valence electrons. The Hall–Kier alpha value is -2.63. The van der Waals surface area contributed by atoms with Crippen LogP contribution >= 0.6 is 0 Å². The van der Waals surface area contributed by atoms with Crippen molar-refractivity contribution >= 4 is 11.9 Å². The van der Waals surface area contributed by atoms with Gasteiger partial charge in [-0.15, -0.1) is 0 Å². The Labute approximate surface area is 154 Å². The number of benzene rings is 1. The topological polar surface area (TPSA) is 72.6 Å². The summed E-state index contributed by atoms with van der Waals surface area (Å²) in [5, 5.41) is 0. The number of carbonyl (C=O) groups excluding carboxylic acids is 2. The van der Waals surface area contributed by atoms with Crippen LogP contribution in [0.25, 0.3) is 11.3 Å². The summed E-state index contributed by atoms with van der Waals surface area (Å²) in [6.07, 6.45) is 2.26. The van der Waals surface area contributed by atoms with E-state index in [4.69, 9.17) is 9.15 Å². The Morgan fingerprint density at radius 2 is 1.85 bits per heavy atom. The highest BCUT2D eigenvalue weighted by Gasteiger charge is 2.20. The lowest BCUT2D eigenvalue weighted by Crippen LogP contribution is -2.36. The molecule has 0 aliphatic heterocycles. The van der Waals surface area contributed by atoms with Gasteiger partial charge in [0.2, 0.25) is 5.91 Å². The van der Waals surface area contributed by atoms with E-state index in [1.807, 2.05) is 31.2 Å². The zero-order valence-corrected chi connectivity index (χ0v) is 16.0. The molecular weight excluding hydrogens is 332 g/mol. The van der Waals surface area contributed by atoms with Crippen LogP contribution in [0, 0.1) is 6.92 Å². The quantitative estimate of drug-likeness (QED) is 0.740. The summed E-state index contributed by atoms with van der Waals surface area (Å²) in [5.74, 6) is 0.589. The van der Waals surface area contributed by atoms with Crippen LogP contribution in [0.15, 0.2) is 34.9 Å². The number of nitrogens with zero attached hydrogens (tertiary/aromatic N) is 2. The predicted octanol–water partition coefficient (Wildman–Crippen LogP) is 3.38. The van der Waals surface area contributed by atoms with Gasteiger partial charge < -0.3 is 14.1 Å². The van der Waals surface area contributed by atoms with E-state index in [0.717, 1.165) is 5.56 Å². The van der Waals surface area contributed by atoms with E-state index in [2.05, 4.69) is 4.98 Å². The largest absolute Gasteiger partial charge is 0.459 e. The van der Waals surface area contributed by atoms with Crippen LogP contribution in [0.3, 0.4) is 0 Å². The van der Waals surface area contributed by atoms with Crippen LogP contribution in [0.5, 0.6) is 0 Å². The van der Waals surface area contributed by atoms with Gasteiger partial charge >= 0.3 is 5.97 Å². The molecule has 1 aromatic carbocycles. The Morgan fingerprint density at radius 1 is 1.19 bits per heavy atom. The molecule has 0 N–H and O–H groups in total. The summed E-state index contributed by atoms with van der Waals surface area (Å²) in [4.78, 5) is 29.6. The second kappa shape index (κ2) is 8.17. The van der Waals surface area contributed by atoms with E-state index in [0.29, 0.717) is 18.1 Å². The lowest BCUT2D eigenvalue weighted by Gasteiger charge is -2.22. The van der Waals surface area contributed by atoms with Crippen molar-refractivity contribution in [2.75, 3.05) is 13.6 Å². The third kappa shape index (κ3) is 6.02. The van der Waals surface area contributed by atoms with Crippen molar-refractivity contribution in [3.8, 4) is 11.3 Å². The summed E-state index contributed by atoms with van der Waals surface area (Å²) in [6, 6.07) is 7.96. The van der Waals surface area contributed by atoms with Gasteiger partial charge in [0.1, 0.15) is 12.1 Å². The van der Waals surface area contributed by atoms with E-state index in [1.165, 1.54) is 10.5 Å². The zero-order valence-electron chi connectivity index (χ0n) is 16.0. The van der Waals surface area contributed by atoms with Gasteiger partial charge in [-0.1, -0.05) is 29.8 Å². The van der Waals surface area contributed by atoms with Crippen molar-refractivity contribution in [1.29, 1.82) is 0 Å². The van der Waals surface area contributed by atoms with E-state index >= 15 is 0 Å². The van der Waals surface area contributed by atoms with Crippen LogP contribution in [0.4, 0.5) is 0 Å². The molecule has 0 spiro atoms. The second-order valence-electron chi connectivity index (χ2n) is 7.32.